The van der Waals surface area contributed by atoms with E-state index in [0.717, 1.165) is 5.65 Å². The standard InChI is InChI=1S/C30H22N2/c1-17-14-18(2)29-26(15-17)28-25(30-31-16-19(3)32(29)30)13-12-24-22-10-5-4-8-20(22)21-9-6-7-11-23(21)27(24)28/h4-16H,1-3H3. The summed E-state index contributed by atoms with van der Waals surface area (Å²) in [6.07, 6.45) is 2.00. The van der Waals surface area contributed by atoms with Gasteiger partial charge in [0.05, 0.1) is 5.52 Å². The number of benzene rings is 5. The maximum atomic E-state index is 4.87. The number of aryl methyl sites for hydroxylation is 3. The van der Waals surface area contributed by atoms with Gasteiger partial charge in [0.15, 0.2) is 0 Å². The third-order valence-corrected chi connectivity index (χ3v) is 7.03. The van der Waals surface area contributed by atoms with Crippen LogP contribution in [0.3, 0.4) is 0 Å². The minimum Gasteiger partial charge on any atom is -0.296 e. The molecule has 0 saturated heterocycles. The zero-order valence-corrected chi connectivity index (χ0v) is 18.4. The van der Waals surface area contributed by atoms with Crippen LogP contribution < -0.4 is 0 Å². The van der Waals surface area contributed by atoms with Crippen molar-refractivity contribution in [3.05, 3.63) is 95.8 Å². The Kier molecular flexibility index (Phi) is 3.37. The second-order valence-electron chi connectivity index (χ2n) is 9.04. The van der Waals surface area contributed by atoms with E-state index in [-0.39, 0.29) is 0 Å². The smallest absolute Gasteiger partial charge is 0.145 e. The van der Waals surface area contributed by atoms with Gasteiger partial charge in [-0.05, 0) is 70.8 Å². The van der Waals surface area contributed by atoms with Gasteiger partial charge in [-0.1, -0.05) is 66.2 Å². The molecule has 7 rings (SSSR count). The summed E-state index contributed by atoms with van der Waals surface area (Å²) in [6.45, 7) is 6.56. The normalized spacial score (nSPS) is 12.2. The largest absolute Gasteiger partial charge is 0.296 e. The number of rotatable bonds is 0. The van der Waals surface area contributed by atoms with Crippen molar-refractivity contribution >= 4 is 59.6 Å². The fourth-order valence-corrected chi connectivity index (χ4v) is 5.82. The molecular formula is C30H22N2. The molecule has 0 saturated carbocycles. The Labute approximate surface area is 185 Å². The second-order valence-corrected chi connectivity index (χ2v) is 9.04. The van der Waals surface area contributed by atoms with Crippen LogP contribution in [0, 0.1) is 20.8 Å². The van der Waals surface area contributed by atoms with Crippen LogP contribution in [0.25, 0.3) is 59.6 Å². The van der Waals surface area contributed by atoms with Crippen LogP contribution in [0.15, 0.2) is 79.0 Å². The molecule has 0 aliphatic rings. The van der Waals surface area contributed by atoms with Crippen molar-refractivity contribution in [2.75, 3.05) is 0 Å². The lowest BCUT2D eigenvalue weighted by Crippen LogP contribution is -1.97. The maximum absolute atomic E-state index is 4.87. The summed E-state index contributed by atoms with van der Waals surface area (Å²) in [5, 5.41) is 11.7. The van der Waals surface area contributed by atoms with Crippen molar-refractivity contribution in [1.29, 1.82) is 0 Å². The van der Waals surface area contributed by atoms with Gasteiger partial charge in [0.2, 0.25) is 0 Å². The van der Waals surface area contributed by atoms with Gasteiger partial charge < -0.3 is 0 Å². The average Bonchev–Trinajstić information content (AvgIpc) is 3.20. The monoisotopic (exact) mass is 410 g/mol. The quantitative estimate of drug-likeness (QED) is 0.231. The molecule has 0 N–H and O–H groups in total. The first-order chi connectivity index (χ1) is 15.6. The molecule has 2 aromatic heterocycles. The Morgan fingerprint density at radius 3 is 1.88 bits per heavy atom. The van der Waals surface area contributed by atoms with Gasteiger partial charge >= 0.3 is 0 Å². The molecule has 0 amide bonds. The van der Waals surface area contributed by atoms with Crippen LogP contribution in [0.5, 0.6) is 0 Å². The van der Waals surface area contributed by atoms with Crippen LogP contribution in [-0.2, 0) is 0 Å². The molecule has 0 aliphatic heterocycles. The van der Waals surface area contributed by atoms with E-state index in [1.54, 1.807) is 0 Å². The molecule has 0 aliphatic carbocycles. The van der Waals surface area contributed by atoms with E-state index >= 15 is 0 Å². The first-order valence-electron chi connectivity index (χ1n) is 11.2. The highest BCUT2D eigenvalue weighted by Gasteiger charge is 2.18. The fraction of sp³-hybridized carbons (Fsp3) is 0.100. The van der Waals surface area contributed by atoms with Gasteiger partial charge in [0, 0.05) is 28.0 Å². The number of hydrogen-bond acceptors (Lipinski definition) is 1. The van der Waals surface area contributed by atoms with Crippen LogP contribution in [0.2, 0.25) is 0 Å². The zero-order chi connectivity index (χ0) is 21.6. The molecular weight excluding hydrogens is 388 g/mol. The molecule has 2 nitrogen and oxygen atoms in total. The Morgan fingerprint density at radius 1 is 0.594 bits per heavy atom. The topological polar surface area (TPSA) is 17.3 Å². The highest BCUT2D eigenvalue weighted by Crippen LogP contribution is 2.43. The molecule has 0 bridgehead atoms. The summed E-state index contributed by atoms with van der Waals surface area (Å²) in [7, 11) is 0. The van der Waals surface area contributed by atoms with Gasteiger partial charge in [-0.15, -0.1) is 0 Å². The van der Waals surface area contributed by atoms with Gasteiger partial charge in [-0.2, -0.15) is 0 Å². The van der Waals surface area contributed by atoms with E-state index in [2.05, 4.69) is 98.0 Å². The lowest BCUT2D eigenvalue weighted by atomic mass is 9.89. The summed E-state index contributed by atoms with van der Waals surface area (Å²) in [5.41, 5.74) is 6.04. The Hall–Kier alpha value is -3.91. The molecule has 0 unspecified atom stereocenters. The lowest BCUT2D eigenvalue weighted by molar-refractivity contribution is 1.16. The molecule has 32 heavy (non-hydrogen) atoms. The highest BCUT2D eigenvalue weighted by atomic mass is 15.0. The van der Waals surface area contributed by atoms with Crippen molar-refractivity contribution in [2.45, 2.75) is 20.8 Å². The van der Waals surface area contributed by atoms with Gasteiger partial charge in [-0.3, -0.25) is 4.40 Å². The number of nitrogens with zero attached hydrogens (tertiary/aromatic N) is 2. The zero-order valence-electron chi connectivity index (χ0n) is 18.4. The summed E-state index contributed by atoms with van der Waals surface area (Å²) in [4.78, 5) is 4.87. The summed E-state index contributed by atoms with van der Waals surface area (Å²) in [6, 6.07) is 26.8. The molecule has 0 fully saturated rings. The van der Waals surface area contributed by atoms with Gasteiger partial charge in [0.1, 0.15) is 5.65 Å². The number of imidazole rings is 1. The Bertz CT molecular complexity index is 1870. The predicted molar refractivity (Wildman–Crippen MR) is 137 cm³/mol. The summed E-state index contributed by atoms with van der Waals surface area (Å²) >= 11 is 0. The molecule has 152 valence electrons. The number of pyridine rings is 1. The highest BCUT2D eigenvalue weighted by molar-refractivity contribution is 6.36. The van der Waals surface area contributed by atoms with Crippen LogP contribution >= 0.6 is 0 Å². The third-order valence-electron chi connectivity index (χ3n) is 7.03. The molecule has 0 spiro atoms. The number of hydrogen-bond donors (Lipinski definition) is 0. The molecule has 7 aromatic rings. The minimum atomic E-state index is 1.04. The van der Waals surface area contributed by atoms with Crippen molar-refractivity contribution in [3.8, 4) is 0 Å². The van der Waals surface area contributed by atoms with E-state index in [0.29, 0.717) is 0 Å². The first kappa shape index (κ1) is 17.7. The van der Waals surface area contributed by atoms with Gasteiger partial charge in [0.25, 0.3) is 0 Å². The molecule has 2 heterocycles. The van der Waals surface area contributed by atoms with Gasteiger partial charge in [-0.25, -0.2) is 4.98 Å². The van der Waals surface area contributed by atoms with Crippen LogP contribution in [0.4, 0.5) is 0 Å². The SMILES string of the molecule is Cc1cc(C)c2c(c1)c1c(ccc3c4ccccc4c4ccccc4c31)c1ncc(C)n12. The van der Waals surface area contributed by atoms with Crippen LogP contribution in [0.1, 0.15) is 16.8 Å². The van der Waals surface area contributed by atoms with Crippen molar-refractivity contribution in [3.63, 3.8) is 0 Å². The molecule has 0 radical (unpaired) electrons. The first-order valence-corrected chi connectivity index (χ1v) is 11.2. The minimum absolute atomic E-state index is 1.04. The number of fused-ring (bicyclic) bond motifs is 13. The molecule has 5 aromatic carbocycles. The van der Waals surface area contributed by atoms with Crippen molar-refractivity contribution in [1.82, 2.24) is 9.38 Å². The lowest BCUT2D eigenvalue weighted by Gasteiger charge is -2.17. The fourth-order valence-electron chi connectivity index (χ4n) is 5.82. The number of aromatic nitrogens is 2. The molecule has 2 heteroatoms. The van der Waals surface area contributed by atoms with E-state index in [1.807, 2.05) is 6.20 Å². The molecule has 0 atom stereocenters. The van der Waals surface area contributed by atoms with E-state index < -0.39 is 0 Å². The Morgan fingerprint density at radius 2 is 1.16 bits per heavy atom. The predicted octanol–water partition coefficient (Wildman–Crippen LogP) is 8.03. The van der Waals surface area contributed by atoms with Crippen molar-refractivity contribution in [2.24, 2.45) is 0 Å². The van der Waals surface area contributed by atoms with Crippen molar-refractivity contribution < 1.29 is 0 Å². The van der Waals surface area contributed by atoms with Crippen LogP contribution in [-0.4, -0.2) is 9.38 Å². The van der Waals surface area contributed by atoms with E-state index in [4.69, 9.17) is 4.98 Å². The summed E-state index contributed by atoms with van der Waals surface area (Å²) < 4.78 is 2.33. The summed E-state index contributed by atoms with van der Waals surface area (Å²) in [5.74, 6) is 0. The van der Waals surface area contributed by atoms with E-state index in [1.165, 1.54) is 70.8 Å². The average molecular weight is 411 g/mol. The van der Waals surface area contributed by atoms with E-state index in [9.17, 15) is 0 Å². The second kappa shape index (κ2) is 6.08. The maximum Gasteiger partial charge on any atom is 0.145 e. The Balaban J connectivity index is 1.94. The third kappa shape index (κ3) is 2.12.